The fourth-order valence-electron chi connectivity index (χ4n) is 2.65. The van der Waals surface area contributed by atoms with E-state index in [2.05, 4.69) is 21.3 Å². The van der Waals surface area contributed by atoms with Gasteiger partial charge in [-0.05, 0) is 30.5 Å². The maximum absolute atomic E-state index is 10.7. The molecule has 1 unspecified atom stereocenters. The van der Waals surface area contributed by atoms with Crippen LogP contribution in [0.15, 0.2) is 52.7 Å². The van der Waals surface area contributed by atoms with E-state index in [1.807, 2.05) is 60.3 Å². The summed E-state index contributed by atoms with van der Waals surface area (Å²) in [7, 11) is 1.89. The molecule has 28 heavy (non-hydrogen) atoms. The molecule has 1 N–H and O–H groups in total. The molecule has 1 atom stereocenters. The summed E-state index contributed by atoms with van der Waals surface area (Å²) in [6.45, 7) is 1.84. The van der Waals surface area contributed by atoms with Crippen molar-refractivity contribution in [1.29, 1.82) is 5.26 Å². The zero-order valence-corrected chi connectivity index (χ0v) is 17.5. The van der Waals surface area contributed by atoms with Crippen LogP contribution in [0.1, 0.15) is 11.9 Å². The van der Waals surface area contributed by atoms with Crippen molar-refractivity contribution in [2.45, 2.75) is 17.3 Å². The summed E-state index contributed by atoms with van der Waals surface area (Å²) in [4.78, 5) is 5.52. The van der Waals surface area contributed by atoms with Crippen molar-refractivity contribution in [3.05, 3.63) is 52.5 Å². The van der Waals surface area contributed by atoms with Gasteiger partial charge in [-0.1, -0.05) is 30.0 Å². The van der Waals surface area contributed by atoms with Crippen LogP contribution in [-0.4, -0.2) is 30.1 Å². The molecule has 9 heteroatoms. The second-order valence-corrected chi connectivity index (χ2v) is 9.25. The van der Waals surface area contributed by atoms with Gasteiger partial charge in [-0.25, -0.2) is 4.98 Å². The summed E-state index contributed by atoms with van der Waals surface area (Å²) < 4.78 is 2.87. The maximum Gasteiger partial charge on any atom is 0.191 e. The third-order valence-electron chi connectivity index (χ3n) is 4.12. The van der Waals surface area contributed by atoms with Crippen LogP contribution >= 0.6 is 34.4 Å². The minimum absolute atomic E-state index is 0.00719. The molecule has 0 aliphatic rings. The number of allylic oxidation sites excluding steroid dienone is 1. The molecule has 0 radical (unpaired) electrons. The van der Waals surface area contributed by atoms with E-state index in [0.29, 0.717) is 10.2 Å². The predicted octanol–water partition coefficient (Wildman–Crippen LogP) is 5.13. The molecule has 3 heterocycles. The van der Waals surface area contributed by atoms with Gasteiger partial charge in [0, 0.05) is 7.05 Å². The van der Waals surface area contributed by atoms with Crippen LogP contribution in [0.5, 0.6) is 0 Å². The fraction of sp³-hybridized carbons (Fsp3) is 0.158. The van der Waals surface area contributed by atoms with Crippen LogP contribution in [0, 0.1) is 11.3 Å². The van der Waals surface area contributed by atoms with Crippen molar-refractivity contribution in [2.24, 2.45) is 7.05 Å². The van der Waals surface area contributed by atoms with Gasteiger partial charge >= 0.3 is 0 Å². The summed E-state index contributed by atoms with van der Waals surface area (Å²) >= 11 is 4.34. The Bertz CT molecular complexity index is 1170. The number of aromatic nitrogens is 4. The van der Waals surface area contributed by atoms with Gasteiger partial charge in [-0.2, -0.15) is 5.26 Å². The first kappa shape index (κ1) is 18.7. The van der Waals surface area contributed by atoms with Crippen molar-refractivity contribution < 1.29 is 5.11 Å². The standard InChI is InChI=1S/C19H15N5OS3/c1-11(27-19-23-22-17(24(19)2)15-8-5-9-26-15)16(25)12(10-20)18-21-13-6-3-4-7-14(13)28-18/h3-9,11,25H,1-2H3/b16-12-. The predicted molar refractivity (Wildman–Crippen MR) is 114 cm³/mol. The number of para-hydroxylation sites is 1. The summed E-state index contributed by atoms with van der Waals surface area (Å²) in [5, 5.41) is 31.7. The summed E-state index contributed by atoms with van der Waals surface area (Å²) in [5.41, 5.74) is 1.01. The normalized spacial score (nSPS) is 13.3. The van der Waals surface area contributed by atoms with Crippen molar-refractivity contribution in [1.82, 2.24) is 19.7 Å². The van der Waals surface area contributed by atoms with E-state index in [1.165, 1.54) is 23.1 Å². The lowest BCUT2D eigenvalue weighted by Gasteiger charge is -2.11. The van der Waals surface area contributed by atoms with Gasteiger partial charge < -0.3 is 9.67 Å². The molecule has 1 aromatic carbocycles. The highest BCUT2D eigenvalue weighted by Crippen LogP contribution is 2.34. The molecule has 0 bridgehead atoms. The van der Waals surface area contributed by atoms with Gasteiger partial charge in [-0.15, -0.1) is 32.9 Å². The lowest BCUT2D eigenvalue weighted by Crippen LogP contribution is -2.06. The quantitative estimate of drug-likeness (QED) is 0.271. The van der Waals surface area contributed by atoms with E-state index >= 15 is 0 Å². The molecule has 0 aliphatic carbocycles. The van der Waals surface area contributed by atoms with Crippen LogP contribution in [0.2, 0.25) is 0 Å². The highest BCUT2D eigenvalue weighted by molar-refractivity contribution is 7.99. The van der Waals surface area contributed by atoms with E-state index in [0.717, 1.165) is 20.9 Å². The number of nitriles is 1. The molecular formula is C19H15N5OS3. The first-order valence-electron chi connectivity index (χ1n) is 8.37. The van der Waals surface area contributed by atoms with Crippen LogP contribution in [-0.2, 0) is 7.05 Å². The van der Waals surface area contributed by atoms with Crippen molar-refractivity contribution >= 4 is 50.2 Å². The molecule has 0 fully saturated rings. The Morgan fingerprint density at radius 2 is 2.07 bits per heavy atom. The highest BCUT2D eigenvalue weighted by Gasteiger charge is 2.22. The number of benzene rings is 1. The SMILES string of the molecule is CC(Sc1nnc(-c2cccs2)n1C)/C(O)=C(\C#N)c1nc2ccccc2s1. The van der Waals surface area contributed by atoms with Gasteiger partial charge in [0.25, 0.3) is 0 Å². The number of aliphatic hydroxyl groups excluding tert-OH is 1. The Balaban J connectivity index is 1.63. The molecule has 140 valence electrons. The largest absolute Gasteiger partial charge is 0.510 e. The summed E-state index contributed by atoms with van der Waals surface area (Å²) in [5.74, 6) is 0.770. The van der Waals surface area contributed by atoms with Crippen molar-refractivity contribution in [3.63, 3.8) is 0 Å². The molecular weight excluding hydrogens is 410 g/mol. The van der Waals surface area contributed by atoms with Crippen molar-refractivity contribution in [2.75, 3.05) is 0 Å². The first-order chi connectivity index (χ1) is 13.6. The zero-order chi connectivity index (χ0) is 19.7. The van der Waals surface area contributed by atoms with Crippen LogP contribution in [0.3, 0.4) is 0 Å². The molecule has 0 amide bonds. The zero-order valence-electron chi connectivity index (χ0n) is 15.0. The van der Waals surface area contributed by atoms with Crippen LogP contribution in [0.25, 0.3) is 26.5 Å². The van der Waals surface area contributed by atoms with E-state index < -0.39 is 0 Å². The molecule has 0 saturated heterocycles. The van der Waals surface area contributed by atoms with E-state index in [-0.39, 0.29) is 16.6 Å². The Morgan fingerprint density at radius 1 is 1.25 bits per heavy atom. The minimum atomic E-state index is -0.374. The molecule has 4 rings (SSSR count). The second kappa shape index (κ2) is 7.75. The number of thioether (sulfide) groups is 1. The average molecular weight is 426 g/mol. The number of hydrogen-bond donors (Lipinski definition) is 1. The van der Waals surface area contributed by atoms with Gasteiger partial charge in [0.1, 0.15) is 22.4 Å². The lowest BCUT2D eigenvalue weighted by molar-refractivity contribution is 0.402. The number of hydrogen-bond acceptors (Lipinski definition) is 8. The third-order valence-corrected chi connectivity index (χ3v) is 7.18. The van der Waals surface area contributed by atoms with E-state index in [9.17, 15) is 10.4 Å². The van der Waals surface area contributed by atoms with E-state index in [1.54, 1.807) is 11.3 Å². The Morgan fingerprint density at radius 3 is 2.79 bits per heavy atom. The topological polar surface area (TPSA) is 87.6 Å². The average Bonchev–Trinajstić information content (AvgIpc) is 3.42. The highest BCUT2D eigenvalue weighted by atomic mass is 32.2. The summed E-state index contributed by atoms with van der Waals surface area (Å²) in [6.07, 6.45) is 0. The van der Waals surface area contributed by atoms with Gasteiger partial charge in [0.05, 0.1) is 20.3 Å². The first-order valence-corrected chi connectivity index (χ1v) is 10.9. The monoisotopic (exact) mass is 425 g/mol. The Hall–Kier alpha value is -2.67. The third kappa shape index (κ3) is 3.42. The number of thiophene rings is 1. The number of nitrogens with zero attached hydrogens (tertiary/aromatic N) is 5. The van der Waals surface area contributed by atoms with E-state index in [4.69, 9.17) is 0 Å². The number of rotatable bonds is 5. The van der Waals surface area contributed by atoms with Gasteiger partial charge in [0.15, 0.2) is 11.0 Å². The van der Waals surface area contributed by atoms with Gasteiger partial charge in [0.2, 0.25) is 0 Å². The maximum atomic E-state index is 10.7. The molecule has 3 aromatic heterocycles. The fourth-order valence-corrected chi connectivity index (χ4v) is 5.24. The Kier molecular flexibility index (Phi) is 5.17. The Labute approximate surface area is 173 Å². The molecule has 0 spiro atoms. The number of aliphatic hydroxyl groups is 1. The molecule has 6 nitrogen and oxygen atoms in total. The second-order valence-electron chi connectivity index (χ2n) is 5.96. The smallest absolute Gasteiger partial charge is 0.191 e. The number of fused-ring (bicyclic) bond motifs is 1. The number of thiazole rings is 1. The van der Waals surface area contributed by atoms with Crippen molar-refractivity contribution in [3.8, 4) is 16.8 Å². The minimum Gasteiger partial charge on any atom is -0.510 e. The van der Waals surface area contributed by atoms with Crippen LogP contribution in [0.4, 0.5) is 0 Å². The lowest BCUT2D eigenvalue weighted by atomic mass is 10.2. The molecule has 0 aliphatic heterocycles. The molecule has 0 saturated carbocycles. The van der Waals surface area contributed by atoms with Crippen LogP contribution < -0.4 is 0 Å². The summed E-state index contributed by atoms with van der Waals surface area (Å²) in [6, 6.07) is 13.7. The van der Waals surface area contributed by atoms with Gasteiger partial charge in [-0.3, -0.25) is 0 Å². The molecule has 4 aromatic rings.